The monoisotopic (exact) mass is 299 g/mol. The van der Waals surface area contributed by atoms with Crippen molar-refractivity contribution in [2.24, 2.45) is 5.18 Å². The van der Waals surface area contributed by atoms with Crippen LogP contribution in [0.4, 0.5) is 5.69 Å². The summed E-state index contributed by atoms with van der Waals surface area (Å²) in [5, 5.41) is 14.1. The van der Waals surface area contributed by atoms with E-state index in [9.17, 15) is 14.5 Å². The lowest BCUT2D eigenvalue weighted by Gasteiger charge is -2.18. The summed E-state index contributed by atoms with van der Waals surface area (Å²) in [4.78, 5) is 34.4. The van der Waals surface area contributed by atoms with E-state index in [4.69, 9.17) is 5.11 Å². The molecule has 0 bridgehead atoms. The molecular weight excluding hydrogens is 286 g/mol. The highest BCUT2D eigenvalue weighted by Crippen LogP contribution is 2.11. The maximum atomic E-state index is 11.9. The van der Waals surface area contributed by atoms with Crippen LogP contribution in [0.25, 0.3) is 0 Å². The van der Waals surface area contributed by atoms with Crippen molar-refractivity contribution in [1.82, 2.24) is 4.90 Å². The molecule has 0 unspecified atom stereocenters. The fraction of sp³-hybridized carbons (Fsp3) is 0.0667. The Labute approximate surface area is 126 Å². The second-order valence-electron chi connectivity index (χ2n) is 4.47. The van der Waals surface area contributed by atoms with Crippen LogP contribution in [-0.2, 0) is 4.79 Å². The van der Waals surface area contributed by atoms with E-state index >= 15 is 0 Å². The second-order valence-corrected chi connectivity index (χ2v) is 4.47. The van der Waals surface area contributed by atoms with Crippen LogP contribution in [0.5, 0.6) is 0 Å². The van der Waals surface area contributed by atoms with E-state index in [0.29, 0.717) is 11.3 Å². The third kappa shape index (κ3) is 4.14. The SMILES string of the molecule is O=NC=C1C=CN(CC(=O)Nc2ccc(C(=O)O)cc2)C=C1. The molecule has 22 heavy (non-hydrogen) atoms. The van der Waals surface area contributed by atoms with Crippen LogP contribution in [0.3, 0.4) is 0 Å². The number of amides is 1. The highest BCUT2D eigenvalue weighted by molar-refractivity contribution is 5.93. The molecule has 7 heteroatoms. The van der Waals surface area contributed by atoms with Gasteiger partial charge in [-0.3, -0.25) is 4.79 Å². The number of allylic oxidation sites excluding steroid dienone is 3. The Morgan fingerprint density at radius 2 is 1.82 bits per heavy atom. The zero-order chi connectivity index (χ0) is 15.9. The summed E-state index contributed by atoms with van der Waals surface area (Å²) in [5.41, 5.74) is 1.32. The van der Waals surface area contributed by atoms with E-state index in [2.05, 4.69) is 10.5 Å². The Balaban J connectivity index is 1.90. The Morgan fingerprint density at radius 1 is 1.18 bits per heavy atom. The minimum absolute atomic E-state index is 0.0927. The van der Waals surface area contributed by atoms with Gasteiger partial charge in [-0.25, -0.2) is 4.79 Å². The average Bonchev–Trinajstić information content (AvgIpc) is 2.50. The lowest BCUT2D eigenvalue weighted by atomic mass is 10.2. The quantitative estimate of drug-likeness (QED) is 0.813. The number of nitrogens with zero attached hydrogens (tertiary/aromatic N) is 2. The predicted molar refractivity (Wildman–Crippen MR) is 80.9 cm³/mol. The molecule has 2 N–H and O–H groups in total. The number of carboxylic acids is 1. The molecule has 112 valence electrons. The molecule has 1 aromatic rings. The molecule has 0 fully saturated rings. The number of nitroso groups, excluding NO2 is 1. The van der Waals surface area contributed by atoms with Gasteiger partial charge in [0.05, 0.1) is 11.8 Å². The van der Waals surface area contributed by atoms with Crippen LogP contribution in [-0.4, -0.2) is 28.4 Å². The van der Waals surface area contributed by atoms with Crippen LogP contribution in [0.2, 0.25) is 0 Å². The van der Waals surface area contributed by atoms with Gasteiger partial charge in [0.15, 0.2) is 0 Å². The molecule has 0 atom stereocenters. The molecule has 1 aliphatic heterocycles. The van der Waals surface area contributed by atoms with Crippen LogP contribution in [0, 0.1) is 4.91 Å². The molecule has 2 rings (SSSR count). The highest BCUT2D eigenvalue weighted by atomic mass is 16.4. The normalized spacial score (nSPS) is 12.9. The van der Waals surface area contributed by atoms with Gasteiger partial charge >= 0.3 is 5.97 Å². The Kier molecular flexibility index (Phi) is 4.81. The zero-order valence-corrected chi connectivity index (χ0v) is 11.5. The van der Waals surface area contributed by atoms with Crippen LogP contribution in [0.1, 0.15) is 10.4 Å². The van der Waals surface area contributed by atoms with Gasteiger partial charge in [-0.05, 0) is 47.2 Å². The van der Waals surface area contributed by atoms with Gasteiger partial charge in [-0.2, -0.15) is 0 Å². The average molecular weight is 299 g/mol. The molecule has 0 aliphatic carbocycles. The van der Waals surface area contributed by atoms with Crippen LogP contribution < -0.4 is 5.32 Å². The maximum absolute atomic E-state index is 11.9. The first-order chi connectivity index (χ1) is 10.6. The molecule has 0 spiro atoms. The third-order valence-electron chi connectivity index (χ3n) is 2.86. The Hall–Kier alpha value is -3.22. The van der Waals surface area contributed by atoms with E-state index in [-0.39, 0.29) is 18.0 Å². The van der Waals surface area contributed by atoms with Crippen molar-refractivity contribution in [2.45, 2.75) is 0 Å². The largest absolute Gasteiger partial charge is 0.478 e. The van der Waals surface area contributed by atoms with Gasteiger partial charge in [-0.1, -0.05) is 0 Å². The lowest BCUT2D eigenvalue weighted by molar-refractivity contribution is -0.116. The van der Waals surface area contributed by atoms with Crippen molar-refractivity contribution in [3.63, 3.8) is 0 Å². The lowest BCUT2D eigenvalue weighted by Crippen LogP contribution is -2.26. The first-order valence-electron chi connectivity index (χ1n) is 6.36. The predicted octanol–water partition coefficient (Wildman–Crippen LogP) is 2.32. The van der Waals surface area contributed by atoms with E-state index in [0.717, 1.165) is 0 Å². The summed E-state index contributed by atoms with van der Waals surface area (Å²) >= 11 is 0. The van der Waals surface area contributed by atoms with Gasteiger partial charge < -0.3 is 15.3 Å². The minimum atomic E-state index is -1.02. The number of nitrogens with one attached hydrogen (secondary N) is 1. The number of anilines is 1. The van der Waals surface area contributed by atoms with E-state index in [1.54, 1.807) is 29.5 Å². The van der Waals surface area contributed by atoms with Gasteiger partial charge in [0.2, 0.25) is 5.91 Å². The van der Waals surface area contributed by atoms with Gasteiger partial charge in [0.25, 0.3) is 0 Å². The number of hydrogen-bond acceptors (Lipinski definition) is 5. The van der Waals surface area contributed by atoms with E-state index in [1.165, 1.54) is 30.5 Å². The first-order valence-corrected chi connectivity index (χ1v) is 6.36. The van der Waals surface area contributed by atoms with Gasteiger partial charge in [-0.15, -0.1) is 4.91 Å². The van der Waals surface area contributed by atoms with Crippen molar-refractivity contribution in [3.05, 3.63) is 71.1 Å². The number of carbonyl (C=O) groups is 2. The minimum Gasteiger partial charge on any atom is -0.478 e. The number of carbonyl (C=O) groups excluding carboxylic acids is 1. The molecule has 1 heterocycles. The molecule has 1 amide bonds. The Bertz CT molecular complexity index is 659. The molecule has 1 aliphatic rings. The zero-order valence-electron chi connectivity index (χ0n) is 11.5. The number of hydrogen-bond donors (Lipinski definition) is 2. The summed E-state index contributed by atoms with van der Waals surface area (Å²) in [6, 6.07) is 5.89. The summed E-state index contributed by atoms with van der Waals surface area (Å²) < 4.78 is 0. The van der Waals surface area contributed by atoms with Crippen molar-refractivity contribution in [1.29, 1.82) is 0 Å². The van der Waals surface area contributed by atoms with Crippen molar-refractivity contribution < 1.29 is 14.7 Å². The fourth-order valence-electron chi connectivity index (χ4n) is 1.78. The van der Waals surface area contributed by atoms with Crippen molar-refractivity contribution in [2.75, 3.05) is 11.9 Å². The number of aromatic carboxylic acids is 1. The summed E-state index contributed by atoms with van der Waals surface area (Å²) in [6.45, 7) is 0.0927. The van der Waals surface area contributed by atoms with E-state index in [1.807, 2.05) is 0 Å². The van der Waals surface area contributed by atoms with Gasteiger partial charge in [0.1, 0.15) is 6.54 Å². The van der Waals surface area contributed by atoms with Crippen molar-refractivity contribution in [3.8, 4) is 0 Å². The summed E-state index contributed by atoms with van der Waals surface area (Å²) in [6.07, 6.45) is 7.81. The smallest absolute Gasteiger partial charge is 0.335 e. The maximum Gasteiger partial charge on any atom is 0.335 e. The molecule has 0 saturated heterocycles. The summed E-state index contributed by atoms with van der Waals surface area (Å²) in [5.74, 6) is -1.27. The van der Waals surface area contributed by atoms with Crippen molar-refractivity contribution >= 4 is 17.6 Å². The summed E-state index contributed by atoms with van der Waals surface area (Å²) in [7, 11) is 0. The first kappa shape index (κ1) is 15.2. The number of rotatable bonds is 5. The standard InChI is InChI=1S/C15H13N3O4/c19-14(10-18-7-5-11(6-8-18)9-16-22)17-13-3-1-12(2-4-13)15(20)21/h1-9H,10H2,(H,17,19)(H,20,21). The molecule has 0 aromatic heterocycles. The van der Waals surface area contributed by atoms with Gasteiger partial charge in [0, 0.05) is 18.1 Å². The number of carboxylic acid groups (broad SMARTS) is 1. The second kappa shape index (κ2) is 6.98. The molecule has 1 aromatic carbocycles. The van der Waals surface area contributed by atoms with E-state index < -0.39 is 5.97 Å². The number of benzene rings is 1. The third-order valence-corrected chi connectivity index (χ3v) is 2.86. The topological polar surface area (TPSA) is 99.1 Å². The Morgan fingerprint density at radius 3 is 2.36 bits per heavy atom. The molecule has 7 nitrogen and oxygen atoms in total. The fourth-order valence-corrected chi connectivity index (χ4v) is 1.78. The highest BCUT2D eigenvalue weighted by Gasteiger charge is 2.08. The molecule has 0 saturated carbocycles. The molecular formula is C15H13N3O4. The van der Waals surface area contributed by atoms with Crippen LogP contribution in [0.15, 0.2) is 65.8 Å². The van der Waals surface area contributed by atoms with Crippen LogP contribution >= 0.6 is 0 Å². The molecule has 0 radical (unpaired) electrons.